The molecule has 0 N–H and O–H groups in total. The average Bonchev–Trinajstić information content (AvgIpc) is 2.52. The fourth-order valence-electron chi connectivity index (χ4n) is 1.43. The van der Waals surface area contributed by atoms with Crippen LogP contribution in [0.4, 0.5) is 0 Å². The van der Waals surface area contributed by atoms with E-state index in [0.717, 1.165) is 4.90 Å². The van der Waals surface area contributed by atoms with Crippen molar-refractivity contribution >= 4 is 17.8 Å². The minimum Gasteiger partial charge on any atom is -0.484 e. The van der Waals surface area contributed by atoms with Crippen molar-refractivity contribution in [2.45, 2.75) is 0 Å². The average molecular weight is 295 g/mol. The maximum Gasteiger partial charge on any atom is 0.325 e. The van der Waals surface area contributed by atoms with E-state index in [9.17, 15) is 14.4 Å². The lowest BCUT2D eigenvalue weighted by Gasteiger charge is -2.20. The van der Waals surface area contributed by atoms with Gasteiger partial charge in [-0.15, -0.1) is 0 Å². The first-order valence-electron chi connectivity index (χ1n) is 6.16. The molecule has 0 fully saturated rings. The summed E-state index contributed by atoms with van der Waals surface area (Å²) in [5.74, 6) is -1.27. The number of hydrogen-bond donors (Lipinski definition) is 0. The Labute approximate surface area is 122 Å². The third kappa shape index (κ3) is 5.94. The van der Waals surface area contributed by atoms with Crippen LogP contribution in [0.5, 0.6) is 5.75 Å². The topological polar surface area (TPSA) is 82.1 Å². The summed E-state index contributed by atoms with van der Waals surface area (Å²) in [6.45, 7) is -0.983. The van der Waals surface area contributed by atoms with Crippen LogP contribution in [-0.4, -0.2) is 56.7 Å². The maximum atomic E-state index is 12.0. The minimum atomic E-state index is -0.632. The van der Waals surface area contributed by atoms with E-state index in [1.165, 1.54) is 14.2 Å². The SMILES string of the molecule is COC(=O)CN(CC(=O)OC)C(=O)COc1ccccc1. The molecule has 0 aliphatic rings. The highest BCUT2D eigenvalue weighted by Crippen LogP contribution is 2.08. The van der Waals surface area contributed by atoms with Crippen molar-refractivity contribution in [3.8, 4) is 5.75 Å². The minimum absolute atomic E-state index is 0.294. The number of para-hydroxylation sites is 1. The van der Waals surface area contributed by atoms with E-state index in [2.05, 4.69) is 9.47 Å². The molecule has 0 radical (unpaired) electrons. The fourth-order valence-corrected chi connectivity index (χ4v) is 1.43. The lowest BCUT2D eigenvalue weighted by molar-refractivity contribution is -0.152. The molecule has 0 bridgehead atoms. The van der Waals surface area contributed by atoms with Gasteiger partial charge in [-0.25, -0.2) is 0 Å². The highest BCUT2D eigenvalue weighted by atomic mass is 16.5. The Morgan fingerprint density at radius 1 is 0.952 bits per heavy atom. The van der Waals surface area contributed by atoms with E-state index >= 15 is 0 Å². The molecule has 0 heterocycles. The Morgan fingerprint density at radius 3 is 1.95 bits per heavy atom. The smallest absolute Gasteiger partial charge is 0.325 e. The zero-order valence-electron chi connectivity index (χ0n) is 11.9. The number of carbonyl (C=O) groups is 3. The summed E-state index contributed by atoms with van der Waals surface area (Å²) in [6.07, 6.45) is 0. The lowest BCUT2D eigenvalue weighted by atomic mass is 10.3. The predicted octanol–water partition coefficient (Wildman–Crippen LogP) is 0.240. The molecule has 0 spiro atoms. The van der Waals surface area contributed by atoms with Crippen molar-refractivity contribution in [1.29, 1.82) is 0 Å². The van der Waals surface area contributed by atoms with Gasteiger partial charge in [-0.1, -0.05) is 18.2 Å². The summed E-state index contributed by atoms with van der Waals surface area (Å²) < 4.78 is 14.2. The normalized spacial score (nSPS) is 9.62. The molecule has 0 aliphatic heterocycles. The van der Waals surface area contributed by atoms with E-state index < -0.39 is 17.8 Å². The second kappa shape index (κ2) is 8.57. The zero-order valence-corrected chi connectivity index (χ0v) is 11.9. The molecule has 21 heavy (non-hydrogen) atoms. The van der Waals surface area contributed by atoms with Crippen molar-refractivity contribution in [3.63, 3.8) is 0 Å². The third-order valence-electron chi connectivity index (χ3n) is 2.55. The molecule has 0 aromatic heterocycles. The van der Waals surface area contributed by atoms with Crippen LogP contribution in [0.3, 0.4) is 0 Å². The Kier molecular flexibility index (Phi) is 6.73. The quantitative estimate of drug-likeness (QED) is 0.670. The van der Waals surface area contributed by atoms with Crippen LogP contribution in [0.2, 0.25) is 0 Å². The molecule has 0 saturated heterocycles. The van der Waals surface area contributed by atoms with Gasteiger partial charge in [-0.2, -0.15) is 0 Å². The monoisotopic (exact) mass is 295 g/mol. The molecule has 0 saturated carbocycles. The van der Waals surface area contributed by atoms with Gasteiger partial charge >= 0.3 is 11.9 Å². The number of benzene rings is 1. The summed E-state index contributed by atoms with van der Waals surface area (Å²) in [4.78, 5) is 35.5. The Balaban J connectivity index is 2.61. The number of esters is 2. The van der Waals surface area contributed by atoms with Crippen LogP contribution in [0.25, 0.3) is 0 Å². The summed E-state index contributed by atoms with van der Waals surface area (Å²) in [5, 5.41) is 0. The molecular formula is C14H17NO6. The van der Waals surface area contributed by atoms with E-state index in [4.69, 9.17) is 4.74 Å². The number of carbonyl (C=O) groups excluding carboxylic acids is 3. The molecule has 0 atom stereocenters. The van der Waals surface area contributed by atoms with Gasteiger partial charge in [0, 0.05) is 0 Å². The van der Waals surface area contributed by atoms with Crippen LogP contribution >= 0.6 is 0 Å². The van der Waals surface area contributed by atoms with Crippen molar-refractivity contribution in [3.05, 3.63) is 30.3 Å². The van der Waals surface area contributed by atoms with E-state index in [-0.39, 0.29) is 19.7 Å². The highest BCUT2D eigenvalue weighted by Gasteiger charge is 2.21. The first-order valence-corrected chi connectivity index (χ1v) is 6.16. The molecule has 1 aromatic rings. The van der Waals surface area contributed by atoms with Gasteiger partial charge in [-0.3, -0.25) is 14.4 Å². The summed E-state index contributed by atoms with van der Waals surface area (Å²) in [7, 11) is 2.40. The van der Waals surface area contributed by atoms with E-state index in [0.29, 0.717) is 5.75 Å². The van der Waals surface area contributed by atoms with E-state index in [1.54, 1.807) is 24.3 Å². The first-order chi connectivity index (χ1) is 10.1. The molecule has 1 amide bonds. The Bertz CT molecular complexity index is 469. The molecule has 1 aromatic carbocycles. The largest absolute Gasteiger partial charge is 0.484 e. The molecular weight excluding hydrogens is 278 g/mol. The van der Waals surface area contributed by atoms with Crippen molar-refractivity contribution < 1.29 is 28.6 Å². The predicted molar refractivity (Wildman–Crippen MR) is 72.5 cm³/mol. The van der Waals surface area contributed by atoms with E-state index in [1.807, 2.05) is 6.07 Å². The van der Waals surface area contributed by atoms with Crippen LogP contribution in [0, 0.1) is 0 Å². The van der Waals surface area contributed by atoms with Crippen molar-refractivity contribution in [2.75, 3.05) is 33.9 Å². The molecule has 114 valence electrons. The van der Waals surface area contributed by atoms with Gasteiger partial charge in [0.15, 0.2) is 6.61 Å². The van der Waals surface area contributed by atoms with Crippen molar-refractivity contribution in [2.24, 2.45) is 0 Å². The second-order valence-corrected chi connectivity index (χ2v) is 4.00. The summed E-state index contributed by atoms with van der Waals surface area (Å²) >= 11 is 0. The zero-order chi connectivity index (χ0) is 15.7. The number of methoxy groups -OCH3 is 2. The standard InChI is InChI=1S/C14H17NO6/c1-19-13(17)8-15(9-14(18)20-2)12(16)10-21-11-6-4-3-5-7-11/h3-7H,8-10H2,1-2H3. The first kappa shape index (κ1) is 16.5. The number of nitrogens with zero attached hydrogens (tertiary/aromatic N) is 1. The van der Waals surface area contributed by atoms with Crippen LogP contribution in [-0.2, 0) is 23.9 Å². The highest BCUT2D eigenvalue weighted by molar-refractivity contribution is 5.86. The molecule has 7 heteroatoms. The van der Waals surface area contributed by atoms with Gasteiger partial charge < -0.3 is 19.1 Å². The lowest BCUT2D eigenvalue weighted by Crippen LogP contribution is -2.42. The van der Waals surface area contributed by atoms with Gasteiger partial charge in [-0.05, 0) is 12.1 Å². The van der Waals surface area contributed by atoms with Gasteiger partial charge in [0.2, 0.25) is 0 Å². The molecule has 1 rings (SSSR count). The molecule has 7 nitrogen and oxygen atoms in total. The Morgan fingerprint density at radius 2 is 1.48 bits per heavy atom. The van der Waals surface area contributed by atoms with Gasteiger partial charge in [0.05, 0.1) is 14.2 Å². The Hall–Kier alpha value is -2.57. The second-order valence-electron chi connectivity index (χ2n) is 4.00. The van der Waals surface area contributed by atoms with Crippen LogP contribution in [0.1, 0.15) is 0 Å². The summed E-state index contributed by atoms with van der Waals surface area (Å²) in [5.41, 5.74) is 0. The molecule has 0 unspecified atom stereocenters. The molecule has 0 aliphatic carbocycles. The number of amides is 1. The van der Waals surface area contributed by atoms with Crippen LogP contribution < -0.4 is 4.74 Å². The van der Waals surface area contributed by atoms with Gasteiger partial charge in [0.1, 0.15) is 18.8 Å². The van der Waals surface area contributed by atoms with Gasteiger partial charge in [0.25, 0.3) is 5.91 Å². The maximum absolute atomic E-state index is 12.0. The number of hydrogen-bond acceptors (Lipinski definition) is 6. The number of ether oxygens (including phenoxy) is 3. The number of rotatable bonds is 7. The van der Waals surface area contributed by atoms with Crippen molar-refractivity contribution in [1.82, 2.24) is 4.90 Å². The fraction of sp³-hybridized carbons (Fsp3) is 0.357. The van der Waals surface area contributed by atoms with Crippen LogP contribution in [0.15, 0.2) is 30.3 Å². The third-order valence-corrected chi connectivity index (χ3v) is 2.55. The summed E-state index contributed by atoms with van der Waals surface area (Å²) in [6, 6.07) is 8.73.